The number of nitrogens with one attached hydrogen (secondary N) is 1. The molecule has 0 saturated carbocycles. The van der Waals surface area contributed by atoms with E-state index in [9.17, 15) is 9.18 Å². The normalized spacial score (nSPS) is 17.7. The van der Waals surface area contributed by atoms with E-state index in [-0.39, 0.29) is 36.6 Å². The van der Waals surface area contributed by atoms with Gasteiger partial charge in [-0.1, -0.05) is 18.2 Å². The maximum Gasteiger partial charge on any atom is 0.227 e. The van der Waals surface area contributed by atoms with Crippen LogP contribution in [0.3, 0.4) is 0 Å². The van der Waals surface area contributed by atoms with Gasteiger partial charge in [-0.25, -0.2) is 9.37 Å². The second-order valence-electron chi connectivity index (χ2n) is 5.47. The predicted octanol–water partition coefficient (Wildman–Crippen LogP) is 1.70. The number of benzene rings is 1. The van der Waals surface area contributed by atoms with Crippen molar-refractivity contribution in [3.05, 3.63) is 53.9 Å². The zero-order valence-electron chi connectivity index (χ0n) is 12.9. The Kier molecular flexibility index (Phi) is 5.74. The summed E-state index contributed by atoms with van der Waals surface area (Å²) in [5.74, 6) is 0.438. The molecule has 1 aromatic heterocycles. The quantitative estimate of drug-likeness (QED) is 0.926. The van der Waals surface area contributed by atoms with Crippen molar-refractivity contribution in [1.29, 1.82) is 0 Å². The minimum atomic E-state index is -0.334. The molecule has 124 valence electrons. The first kappa shape index (κ1) is 17.4. The summed E-state index contributed by atoms with van der Waals surface area (Å²) in [7, 11) is 1.91. The molecule has 1 atom stereocenters. The van der Waals surface area contributed by atoms with Gasteiger partial charge in [-0.05, 0) is 11.6 Å². The zero-order valence-corrected chi connectivity index (χ0v) is 13.7. The SMILES string of the molecule is Cl.Cn1ccnc1C1CNCCN1C(=O)Cc1ccccc1F. The number of aryl methyl sites for hydroxylation is 1. The Morgan fingerprint density at radius 1 is 1.43 bits per heavy atom. The summed E-state index contributed by atoms with van der Waals surface area (Å²) in [6.07, 6.45) is 3.67. The summed E-state index contributed by atoms with van der Waals surface area (Å²) < 4.78 is 15.7. The third-order valence-electron chi connectivity index (χ3n) is 4.02. The molecule has 1 saturated heterocycles. The maximum absolute atomic E-state index is 13.8. The van der Waals surface area contributed by atoms with Crippen LogP contribution in [-0.4, -0.2) is 40.0 Å². The van der Waals surface area contributed by atoms with Gasteiger partial charge in [0.2, 0.25) is 5.91 Å². The first-order valence-electron chi connectivity index (χ1n) is 7.37. The van der Waals surface area contributed by atoms with Gasteiger partial charge in [0.25, 0.3) is 0 Å². The average molecular weight is 339 g/mol. The van der Waals surface area contributed by atoms with Crippen LogP contribution in [-0.2, 0) is 18.3 Å². The molecule has 1 amide bonds. The molecule has 3 rings (SSSR count). The number of hydrogen-bond acceptors (Lipinski definition) is 3. The number of aromatic nitrogens is 2. The van der Waals surface area contributed by atoms with Gasteiger partial charge in [-0.3, -0.25) is 4.79 Å². The molecular weight excluding hydrogens is 319 g/mol. The van der Waals surface area contributed by atoms with Gasteiger partial charge in [0.05, 0.1) is 6.42 Å². The monoisotopic (exact) mass is 338 g/mol. The van der Waals surface area contributed by atoms with Crippen LogP contribution in [0.15, 0.2) is 36.7 Å². The summed E-state index contributed by atoms with van der Waals surface area (Å²) in [4.78, 5) is 18.8. The topological polar surface area (TPSA) is 50.2 Å². The largest absolute Gasteiger partial charge is 0.336 e. The van der Waals surface area contributed by atoms with Crippen molar-refractivity contribution < 1.29 is 9.18 Å². The fraction of sp³-hybridized carbons (Fsp3) is 0.375. The van der Waals surface area contributed by atoms with Crippen LogP contribution in [0.25, 0.3) is 0 Å². The molecule has 1 N–H and O–H groups in total. The highest BCUT2D eigenvalue weighted by molar-refractivity contribution is 5.85. The molecule has 1 aliphatic heterocycles. The second kappa shape index (κ2) is 7.57. The lowest BCUT2D eigenvalue weighted by Crippen LogP contribution is -2.50. The molecule has 5 nitrogen and oxygen atoms in total. The van der Waals surface area contributed by atoms with Gasteiger partial charge in [-0.15, -0.1) is 12.4 Å². The molecule has 2 aromatic rings. The molecule has 0 radical (unpaired) electrons. The highest BCUT2D eigenvalue weighted by atomic mass is 35.5. The van der Waals surface area contributed by atoms with Gasteiger partial charge in [0.1, 0.15) is 17.7 Å². The van der Waals surface area contributed by atoms with E-state index in [4.69, 9.17) is 0 Å². The van der Waals surface area contributed by atoms with Crippen molar-refractivity contribution in [3.8, 4) is 0 Å². The van der Waals surface area contributed by atoms with Crippen LogP contribution in [0.5, 0.6) is 0 Å². The van der Waals surface area contributed by atoms with Gasteiger partial charge >= 0.3 is 0 Å². The summed E-state index contributed by atoms with van der Waals surface area (Å²) in [6, 6.07) is 6.31. The predicted molar refractivity (Wildman–Crippen MR) is 87.9 cm³/mol. The third kappa shape index (κ3) is 3.71. The number of carbonyl (C=O) groups excluding carboxylic acids is 1. The van der Waals surface area contributed by atoms with Crippen LogP contribution in [0.4, 0.5) is 4.39 Å². The van der Waals surface area contributed by atoms with Gasteiger partial charge < -0.3 is 14.8 Å². The highest BCUT2D eigenvalue weighted by Gasteiger charge is 2.30. The van der Waals surface area contributed by atoms with Gasteiger partial charge in [0, 0.05) is 39.1 Å². The van der Waals surface area contributed by atoms with E-state index in [1.54, 1.807) is 29.3 Å². The lowest BCUT2D eigenvalue weighted by molar-refractivity contribution is -0.134. The molecule has 0 spiro atoms. The smallest absolute Gasteiger partial charge is 0.227 e. The standard InChI is InChI=1S/C16H19FN4O.ClH/c1-20-8-7-19-16(20)14-11-18-6-9-21(14)15(22)10-12-4-2-3-5-13(12)17;/h2-5,7-8,14,18H,6,9-11H2,1H3;1H. The summed E-state index contributed by atoms with van der Waals surface area (Å²) in [6.45, 7) is 2.00. The first-order valence-corrected chi connectivity index (χ1v) is 7.37. The lowest BCUT2D eigenvalue weighted by atomic mass is 10.1. The maximum atomic E-state index is 13.8. The Hall–Kier alpha value is -1.92. The number of rotatable bonds is 3. The summed E-state index contributed by atoms with van der Waals surface area (Å²) >= 11 is 0. The van der Waals surface area contributed by atoms with Crippen molar-refractivity contribution in [3.63, 3.8) is 0 Å². The van der Waals surface area contributed by atoms with Gasteiger partial charge in [0.15, 0.2) is 0 Å². The van der Waals surface area contributed by atoms with Crippen LogP contribution >= 0.6 is 12.4 Å². The summed E-state index contributed by atoms with van der Waals surface area (Å²) in [5.41, 5.74) is 0.435. The van der Waals surface area contributed by atoms with E-state index in [0.29, 0.717) is 18.7 Å². The van der Waals surface area contributed by atoms with E-state index in [2.05, 4.69) is 10.3 Å². The number of imidazole rings is 1. The number of nitrogens with zero attached hydrogens (tertiary/aromatic N) is 3. The number of piperazine rings is 1. The molecule has 1 aliphatic rings. The Labute approximate surface area is 140 Å². The number of carbonyl (C=O) groups is 1. The Balaban J connectivity index is 0.00000192. The fourth-order valence-electron chi connectivity index (χ4n) is 2.84. The molecule has 7 heteroatoms. The van der Waals surface area contributed by atoms with Crippen LogP contribution in [0.1, 0.15) is 17.4 Å². The van der Waals surface area contributed by atoms with E-state index in [1.807, 2.05) is 17.8 Å². The molecule has 0 aliphatic carbocycles. The molecule has 2 heterocycles. The molecule has 1 fully saturated rings. The van der Waals surface area contributed by atoms with Crippen molar-refractivity contribution in [1.82, 2.24) is 19.8 Å². The Morgan fingerprint density at radius 3 is 2.91 bits per heavy atom. The third-order valence-corrected chi connectivity index (χ3v) is 4.02. The van der Waals surface area contributed by atoms with Crippen molar-refractivity contribution >= 4 is 18.3 Å². The summed E-state index contributed by atoms with van der Waals surface area (Å²) in [5, 5.41) is 3.29. The second-order valence-corrected chi connectivity index (χ2v) is 5.47. The molecule has 0 bridgehead atoms. The van der Waals surface area contributed by atoms with E-state index in [0.717, 1.165) is 12.4 Å². The number of hydrogen-bond donors (Lipinski definition) is 1. The Bertz CT molecular complexity index is 676. The fourth-order valence-corrected chi connectivity index (χ4v) is 2.84. The number of halogens is 2. The molecular formula is C16H20ClFN4O. The van der Waals surface area contributed by atoms with E-state index >= 15 is 0 Å². The molecule has 1 aromatic carbocycles. The van der Waals surface area contributed by atoms with E-state index in [1.165, 1.54) is 6.07 Å². The minimum Gasteiger partial charge on any atom is -0.336 e. The zero-order chi connectivity index (χ0) is 15.5. The van der Waals surface area contributed by atoms with Crippen LogP contribution < -0.4 is 5.32 Å². The van der Waals surface area contributed by atoms with Crippen LogP contribution in [0.2, 0.25) is 0 Å². The van der Waals surface area contributed by atoms with E-state index < -0.39 is 0 Å². The van der Waals surface area contributed by atoms with Crippen LogP contribution in [0, 0.1) is 5.82 Å². The van der Waals surface area contributed by atoms with Gasteiger partial charge in [-0.2, -0.15) is 0 Å². The molecule has 1 unspecified atom stereocenters. The van der Waals surface area contributed by atoms with Crippen molar-refractivity contribution in [2.24, 2.45) is 7.05 Å². The van der Waals surface area contributed by atoms with Crippen molar-refractivity contribution in [2.45, 2.75) is 12.5 Å². The lowest BCUT2D eigenvalue weighted by Gasteiger charge is -2.35. The highest BCUT2D eigenvalue weighted by Crippen LogP contribution is 2.22. The van der Waals surface area contributed by atoms with Crippen molar-refractivity contribution in [2.75, 3.05) is 19.6 Å². The minimum absolute atomic E-state index is 0. The average Bonchev–Trinajstić information content (AvgIpc) is 2.95. The molecule has 23 heavy (non-hydrogen) atoms. The number of amides is 1. The Morgan fingerprint density at radius 2 is 2.22 bits per heavy atom. The first-order chi connectivity index (χ1) is 10.7.